The third-order valence-corrected chi connectivity index (χ3v) is 5.28. The van der Waals surface area contributed by atoms with Crippen LogP contribution < -0.4 is 24.6 Å². The van der Waals surface area contributed by atoms with Gasteiger partial charge in [-0.25, -0.2) is 9.80 Å². The molecule has 35 heavy (non-hydrogen) atoms. The fourth-order valence-corrected chi connectivity index (χ4v) is 3.51. The molecule has 0 atom stereocenters. The van der Waals surface area contributed by atoms with E-state index in [1.54, 1.807) is 48.5 Å². The molecule has 0 unspecified atom stereocenters. The number of hydrogen-bond acceptors (Lipinski definition) is 6. The number of carboxylic acids is 1. The number of anilines is 1. The average Bonchev–Trinajstić information content (AvgIpc) is 3.16. The maximum atomic E-state index is 12.9. The predicted octanol–water partition coefficient (Wildman–Crippen LogP) is 3.44. The van der Waals surface area contributed by atoms with E-state index in [0.29, 0.717) is 28.5 Å². The Hall–Kier alpha value is -4.79. The Bertz CT molecular complexity index is 1280. The molecule has 178 valence electrons. The van der Waals surface area contributed by atoms with Crippen molar-refractivity contribution in [1.29, 1.82) is 0 Å². The van der Waals surface area contributed by atoms with Crippen molar-refractivity contribution < 1.29 is 33.7 Å². The van der Waals surface area contributed by atoms with Crippen LogP contribution in [0.2, 0.25) is 0 Å². The van der Waals surface area contributed by atoms with Crippen molar-refractivity contribution >= 4 is 29.5 Å². The van der Waals surface area contributed by atoms with Crippen molar-refractivity contribution in [2.75, 3.05) is 19.2 Å². The quantitative estimate of drug-likeness (QED) is 0.380. The van der Waals surface area contributed by atoms with Crippen LogP contribution in [0.25, 0.3) is 6.08 Å². The van der Waals surface area contributed by atoms with Crippen molar-refractivity contribution in [2.45, 2.75) is 6.61 Å². The minimum atomic E-state index is -1.01. The van der Waals surface area contributed by atoms with E-state index in [9.17, 15) is 14.4 Å². The number of hydrogen-bond donors (Lipinski definition) is 2. The molecule has 0 aliphatic carbocycles. The van der Waals surface area contributed by atoms with E-state index in [-0.39, 0.29) is 17.7 Å². The number of para-hydroxylation sites is 1. The number of rotatable bonds is 8. The fraction of sp³-hybridized carbons (Fsp3) is 0.115. The van der Waals surface area contributed by atoms with E-state index < -0.39 is 17.8 Å². The zero-order chi connectivity index (χ0) is 24.9. The molecule has 0 radical (unpaired) electrons. The summed E-state index contributed by atoms with van der Waals surface area (Å²) in [5, 5.41) is 10.2. The van der Waals surface area contributed by atoms with E-state index in [1.165, 1.54) is 37.4 Å². The van der Waals surface area contributed by atoms with Crippen molar-refractivity contribution in [3.8, 4) is 17.2 Å². The second kappa shape index (κ2) is 10.0. The van der Waals surface area contributed by atoms with Crippen molar-refractivity contribution in [3.05, 3.63) is 89.0 Å². The summed E-state index contributed by atoms with van der Waals surface area (Å²) in [7, 11) is 2.93. The van der Waals surface area contributed by atoms with Gasteiger partial charge >= 0.3 is 5.97 Å². The Labute approximate surface area is 201 Å². The number of aromatic carboxylic acids is 1. The van der Waals surface area contributed by atoms with E-state index in [0.717, 1.165) is 5.56 Å². The highest BCUT2D eigenvalue weighted by Crippen LogP contribution is 2.40. The Morgan fingerprint density at radius 2 is 1.60 bits per heavy atom. The van der Waals surface area contributed by atoms with E-state index in [4.69, 9.17) is 19.3 Å². The molecule has 9 heteroatoms. The van der Waals surface area contributed by atoms with Crippen molar-refractivity contribution in [1.82, 2.24) is 5.43 Å². The smallest absolute Gasteiger partial charge is 0.335 e. The molecule has 4 rings (SSSR count). The lowest BCUT2D eigenvalue weighted by molar-refractivity contribution is -0.117. The molecule has 0 spiro atoms. The molecule has 1 saturated heterocycles. The van der Waals surface area contributed by atoms with Gasteiger partial charge < -0.3 is 19.3 Å². The van der Waals surface area contributed by atoms with E-state index >= 15 is 0 Å². The van der Waals surface area contributed by atoms with Gasteiger partial charge in [-0.3, -0.25) is 15.0 Å². The number of hydrazine groups is 1. The van der Waals surface area contributed by atoms with Gasteiger partial charge in [-0.1, -0.05) is 30.3 Å². The third kappa shape index (κ3) is 4.93. The highest BCUT2D eigenvalue weighted by Gasteiger charge is 2.34. The van der Waals surface area contributed by atoms with Gasteiger partial charge in [0.2, 0.25) is 5.75 Å². The standard InChI is InChI=1S/C26H22N2O7/c1-33-21-13-17(12-20-24(29)27-28(25(20)30)19-6-4-3-5-7-19)14-22(34-2)23(21)35-15-16-8-10-18(11-9-16)26(31)32/h3-14H,15H2,1-2H3,(H,27,29)(H,31,32)/b20-12-. The van der Waals surface area contributed by atoms with Crippen LogP contribution in [0.5, 0.6) is 17.2 Å². The fourth-order valence-electron chi connectivity index (χ4n) is 3.51. The SMILES string of the molecule is COc1cc(/C=C2/C(=O)NN(c3ccccc3)C2=O)cc(OC)c1OCc1ccc(C(=O)O)cc1. The summed E-state index contributed by atoms with van der Waals surface area (Å²) in [6, 6.07) is 18.3. The molecule has 3 aromatic carbocycles. The number of ether oxygens (including phenoxy) is 3. The first-order valence-corrected chi connectivity index (χ1v) is 10.5. The molecule has 0 saturated carbocycles. The first-order chi connectivity index (χ1) is 16.9. The zero-order valence-corrected chi connectivity index (χ0v) is 19.0. The molecular weight excluding hydrogens is 452 g/mol. The lowest BCUT2D eigenvalue weighted by Gasteiger charge is -2.16. The van der Waals surface area contributed by atoms with Gasteiger partial charge in [0.15, 0.2) is 11.5 Å². The van der Waals surface area contributed by atoms with Crippen LogP contribution in [0, 0.1) is 0 Å². The Balaban J connectivity index is 1.59. The van der Waals surface area contributed by atoms with Crippen molar-refractivity contribution in [2.24, 2.45) is 0 Å². The number of carbonyl (C=O) groups is 3. The highest BCUT2D eigenvalue weighted by atomic mass is 16.5. The average molecular weight is 474 g/mol. The third-order valence-electron chi connectivity index (χ3n) is 5.28. The second-order valence-corrected chi connectivity index (χ2v) is 7.52. The minimum Gasteiger partial charge on any atom is -0.493 e. The number of nitrogens with zero attached hydrogens (tertiary/aromatic N) is 1. The molecule has 2 N–H and O–H groups in total. The maximum absolute atomic E-state index is 12.9. The Kier molecular flexibility index (Phi) is 6.68. The molecular formula is C26H22N2O7. The minimum absolute atomic E-state index is 0.0369. The van der Waals surface area contributed by atoms with E-state index in [2.05, 4.69) is 5.43 Å². The van der Waals surface area contributed by atoms with Gasteiger partial charge in [-0.15, -0.1) is 0 Å². The summed E-state index contributed by atoms with van der Waals surface area (Å²) in [6.45, 7) is 0.139. The van der Waals surface area contributed by atoms with Crippen molar-refractivity contribution in [3.63, 3.8) is 0 Å². The number of carboxylic acid groups (broad SMARTS) is 1. The highest BCUT2D eigenvalue weighted by molar-refractivity contribution is 6.31. The van der Waals surface area contributed by atoms with Gasteiger partial charge in [-0.05, 0) is 53.6 Å². The first-order valence-electron chi connectivity index (χ1n) is 10.5. The van der Waals surface area contributed by atoms with Gasteiger partial charge in [0.05, 0.1) is 25.5 Å². The molecule has 1 heterocycles. The monoisotopic (exact) mass is 474 g/mol. The van der Waals surface area contributed by atoms with Crippen LogP contribution >= 0.6 is 0 Å². The summed E-state index contributed by atoms with van der Waals surface area (Å²) in [4.78, 5) is 36.4. The lowest BCUT2D eigenvalue weighted by Crippen LogP contribution is -2.35. The maximum Gasteiger partial charge on any atom is 0.335 e. The summed E-state index contributed by atoms with van der Waals surface area (Å²) in [5.41, 5.74) is 4.50. The first kappa shape index (κ1) is 23.4. The normalized spacial score (nSPS) is 14.1. The number of methoxy groups -OCH3 is 2. The summed E-state index contributed by atoms with van der Waals surface area (Å²) >= 11 is 0. The van der Waals surface area contributed by atoms with Crippen LogP contribution in [0.15, 0.2) is 72.3 Å². The van der Waals surface area contributed by atoms with E-state index in [1.807, 2.05) is 6.07 Å². The number of amides is 2. The van der Waals surface area contributed by atoms with Gasteiger partial charge in [0, 0.05) is 0 Å². The molecule has 2 amide bonds. The topological polar surface area (TPSA) is 114 Å². The molecule has 9 nitrogen and oxygen atoms in total. The van der Waals surface area contributed by atoms with Crippen LogP contribution in [-0.2, 0) is 16.2 Å². The number of carbonyl (C=O) groups excluding carboxylic acids is 2. The Morgan fingerprint density at radius 3 is 2.17 bits per heavy atom. The lowest BCUT2D eigenvalue weighted by atomic mass is 10.1. The molecule has 1 aliphatic heterocycles. The van der Waals surface area contributed by atoms with Gasteiger partial charge in [-0.2, -0.15) is 0 Å². The Morgan fingerprint density at radius 1 is 0.971 bits per heavy atom. The molecule has 0 bridgehead atoms. The summed E-state index contributed by atoms with van der Waals surface area (Å²) in [5.74, 6) is -1.01. The van der Waals surface area contributed by atoms with Crippen LogP contribution in [0.3, 0.4) is 0 Å². The molecule has 0 aromatic heterocycles. The molecule has 1 fully saturated rings. The van der Waals surface area contributed by atoms with Crippen LogP contribution in [-0.4, -0.2) is 37.1 Å². The summed E-state index contributed by atoms with van der Waals surface area (Å²) < 4.78 is 16.8. The predicted molar refractivity (Wildman–Crippen MR) is 127 cm³/mol. The largest absolute Gasteiger partial charge is 0.493 e. The van der Waals surface area contributed by atoms with Gasteiger partial charge in [0.1, 0.15) is 12.2 Å². The molecule has 1 aliphatic rings. The second-order valence-electron chi connectivity index (χ2n) is 7.52. The number of nitrogens with one attached hydrogen (secondary N) is 1. The molecule has 3 aromatic rings. The van der Waals surface area contributed by atoms with Gasteiger partial charge in [0.25, 0.3) is 11.8 Å². The van der Waals surface area contributed by atoms with Crippen LogP contribution in [0.1, 0.15) is 21.5 Å². The summed E-state index contributed by atoms with van der Waals surface area (Å²) in [6.07, 6.45) is 1.46. The number of benzene rings is 3. The van der Waals surface area contributed by atoms with Crippen LogP contribution in [0.4, 0.5) is 5.69 Å². The zero-order valence-electron chi connectivity index (χ0n) is 19.0.